The molecule has 1 aromatic heterocycles. The van der Waals surface area contributed by atoms with Crippen molar-refractivity contribution in [3.05, 3.63) is 82.3 Å². The van der Waals surface area contributed by atoms with E-state index in [2.05, 4.69) is 15.2 Å². The Hall–Kier alpha value is -4.35. The van der Waals surface area contributed by atoms with Gasteiger partial charge in [0, 0.05) is 24.2 Å². The van der Waals surface area contributed by atoms with Crippen LogP contribution in [0.3, 0.4) is 0 Å². The summed E-state index contributed by atoms with van der Waals surface area (Å²) in [4.78, 5) is 40.9. The fourth-order valence-corrected chi connectivity index (χ4v) is 4.29. The highest BCUT2D eigenvalue weighted by Gasteiger charge is 2.43. The Morgan fingerprint density at radius 3 is 2.32 bits per heavy atom. The number of alkyl halides is 3. The van der Waals surface area contributed by atoms with Crippen LogP contribution in [0, 0.1) is 0 Å². The van der Waals surface area contributed by atoms with Crippen LogP contribution in [0.4, 0.5) is 18.9 Å². The van der Waals surface area contributed by atoms with Crippen molar-refractivity contribution in [1.29, 1.82) is 0 Å². The second-order valence-corrected chi connectivity index (χ2v) is 8.67. The first-order chi connectivity index (χ1) is 18.2. The first-order valence-corrected chi connectivity index (χ1v) is 11.7. The summed E-state index contributed by atoms with van der Waals surface area (Å²) < 4.78 is 48.9. The maximum Gasteiger partial charge on any atom is 0.387 e. The lowest BCUT2D eigenvalue weighted by atomic mass is 9.93. The van der Waals surface area contributed by atoms with E-state index >= 15 is 0 Å². The molecular formula is C26H25F3N4O5. The quantitative estimate of drug-likeness (QED) is 0.456. The molecule has 0 bridgehead atoms. The molecule has 0 saturated carbocycles. The topological polar surface area (TPSA) is 103 Å². The van der Waals surface area contributed by atoms with Gasteiger partial charge >= 0.3 is 6.61 Å². The zero-order valence-electron chi connectivity index (χ0n) is 20.5. The van der Waals surface area contributed by atoms with Gasteiger partial charge in [0.25, 0.3) is 11.5 Å². The van der Waals surface area contributed by atoms with Crippen LogP contribution in [-0.4, -0.2) is 54.1 Å². The summed E-state index contributed by atoms with van der Waals surface area (Å²) in [5.41, 5.74) is 0.198. The van der Waals surface area contributed by atoms with E-state index in [1.54, 1.807) is 24.3 Å². The Morgan fingerprint density at radius 2 is 1.71 bits per heavy atom. The standard InChI is InChI=1S/C26H25F3N4O5/c1-15(27)13-33-24(35)21(11-12-30-33)32-14-20(16-3-7-18(37-2)8-4-16)22(25(32)36)31-23(34)17-5-9-19(10-6-17)38-26(28)29/h3-12,15,20,22,26H,13-14H2,1-2H3,(H,31,34)/t15?,20-,22-/m0/s1. The van der Waals surface area contributed by atoms with Crippen molar-refractivity contribution < 1.29 is 32.2 Å². The minimum Gasteiger partial charge on any atom is -0.497 e. The highest BCUT2D eigenvalue weighted by molar-refractivity contribution is 6.04. The Morgan fingerprint density at radius 1 is 1.05 bits per heavy atom. The summed E-state index contributed by atoms with van der Waals surface area (Å²) in [7, 11) is 1.52. The van der Waals surface area contributed by atoms with Crippen LogP contribution >= 0.6 is 0 Å². The van der Waals surface area contributed by atoms with Gasteiger partial charge in [-0.25, -0.2) is 9.07 Å². The minimum absolute atomic E-state index is 0.00871. The van der Waals surface area contributed by atoms with Gasteiger partial charge in [-0.2, -0.15) is 13.9 Å². The number of methoxy groups -OCH3 is 1. The molecule has 3 aromatic rings. The van der Waals surface area contributed by atoms with Crippen molar-refractivity contribution in [3.63, 3.8) is 0 Å². The normalized spacial score (nSPS) is 17.9. The average molecular weight is 531 g/mol. The Kier molecular flexibility index (Phi) is 7.99. The Bertz CT molecular complexity index is 1350. The fourth-order valence-electron chi connectivity index (χ4n) is 4.29. The van der Waals surface area contributed by atoms with Gasteiger partial charge < -0.3 is 19.7 Å². The van der Waals surface area contributed by atoms with Crippen LogP contribution in [0.15, 0.2) is 65.6 Å². The first kappa shape index (κ1) is 26.7. The molecule has 1 aliphatic heterocycles. The molecule has 1 N–H and O–H groups in total. The first-order valence-electron chi connectivity index (χ1n) is 11.7. The maximum absolute atomic E-state index is 13.6. The molecule has 0 aliphatic carbocycles. The summed E-state index contributed by atoms with van der Waals surface area (Å²) in [5, 5.41) is 6.60. The second kappa shape index (κ2) is 11.4. The average Bonchev–Trinajstić information content (AvgIpc) is 3.20. The predicted molar refractivity (Wildman–Crippen MR) is 131 cm³/mol. The molecule has 0 spiro atoms. The van der Waals surface area contributed by atoms with Gasteiger partial charge in [-0.05, 0) is 55.0 Å². The largest absolute Gasteiger partial charge is 0.497 e. The molecule has 1 fully saturated rings. The molecular weight excluding hydrogens is 505 g/mol. The van der Waals surface area contributed by atoms with Crippen LogP contribution in [0.25, 0.3) is 0 Å². The number of amides is 2. The van der Waals surface area contributed by atoms with Gasteiger partial charge in [0.15, 0.2) is 0 Å². The van der Waals surface area contributed by atoms with Gasteiger partial charge in [0.1, 0.15) is 29.4 Å². The minimum atomic E-state index is -3.01. The van der Waals surface area contributed by atoms with E-state index in [1.165, 1.54) is 55.5 Å². The number of ether oxygens (including phenoxy) is 2. The summed E-state index contributed by atoms with van der Waals surface area (Å²) in [6, 6.07) is 12.3. The van der Waals surface area contributed by atoms with Crippen molar-refractivity contribution >= 4 is 17.5 Å². The molecule has 200 valence electrons. The number of benzene rings is 2. The third kappa shape index (κ3) is 5.79. The van der Waals surface area contributed by atoms with E-state index in [9.17, 15) is 27.6 Å². The van der Waals surface area contributed by atoms with Crippen LogP contribution < -0.4 is 25.2 Å². The molecule has 1 unspecified atom stereocenters. The number of halogens is 3. The number of hydrogen-bond acceptors (Lipinski definition) is 6. The SMILES string of the molecule is COc1ccc([C@@H]2CN(c3ccnn(CC(C)F)c3=O)C(=O)[C@H]2NC(=O)c2ccc(OC(F)F)cc2)cc1. The van der Waals surface area contributed by atoms with E-state index in [0.29, 0.717) is 11.3 Å². The molecule has 2 heterocycles. The number of carbonyl (C=O) groups excluding carboxylic acids is 2. The van der Waals surface area contributed by atoms with Gasteiger partial charge in [0.2, 0.25) is 5.91 Å². The number of hydrogen-bond donors (Lipinski definition) is 1. The number of nitrogens with zero attached hydrogens (tertiary/aromatic N) is 3. The maximum atomic E-state index is 13.6. The number of aromatic nitrogens is 2. The summed E-state index contributed by atoms with van der Waals surface area (Å²) in [6.45, 7) is -1.93. The molecule has 12 heteroatoms. The van der Waals surface area contributed by atoms with E-state index < -0.39 is 42.1 Å². The highest BCUT2D eigenvalue weighted by atomic mass is 19.3. The summed E-state index contributed by atoms with van der Waals surface area (Å²) >= 11 is 0. The van der Waals surface area contributed by atoms with Crippen LogP contribution in [-0.2, 0) is 11.3 Å². The lowest BCUT2D eigenvalue weighted by molar-refractivity contribution is -0.118. The monoisotopic (exact) mass is 530 g/mol. The van der Waals surface area contributed by atoms with Crippen molar-refractivity contribution in [3.8, 4) is 11.5 Å². The van der Waals surface area contributed by atoms with Gasteiger partial charge in [0.05, 0.1) is 13.7 Å². The van der Waals surface area contributed by atoms with Crippen molar-refractivity contribution in [2.45, 2.75) is 38.2 Å². The Balaban J connectivity index is 1.65. The van der Waals surface area contributed by atoms with Crippen LogP contribution in [0.2, 0.25) is 0 Å². The zero-order valence-corrected chi connectivity index (χ0v) is 20.5. The van der Waals surface area contributed by atoms with Crippen LogP contribution in [0.1, 0.15) is 28.8 Å². The van der Waals surface area contributed by atoms with Crippen LogP contribution in [0.5, 0.6) is 11.5 Å². The van der Waals surface area contributed by atoms with Crippen molar-refractivity contribution in [2.75, 3.05) is 18.6 Å². The molecule has 9 nitrogen and oxygen atoms in total. The van der Waals surface area contributed by atoms with Crippen molar-refractivity contribution in [1.82, 2.24) is 15.1 Å². The van der Waals surface area contributed by atoms with Gasteiger partial charge in [-0.3, -0.25) is 14.4 Å². The number of carbonyl (C=O) groups is 2. The van der Waals surface area contributed by atoms with Crippen molar-refractivity contribution in [2.24, 2.45) is 0 Å². The third-order valence-electron chi connectivity index (χ3n) is 6.09. The Labute approximate surface area is 215 Å². The van der Waals surface area contributed by atoms with E-state index in [-0.39, 0.29) is 30.1 Å². The highest BCUT2D eigenvalue weighted by Crippen LogP contribution is 2.32. The lowest BCUT2D eigenvalue weighted by Crippen LogP contribution is -2.44. The molecule has 0 radical (unpaired) electrons. The number of nitrogens with one attached hydrogen (secondary N) is 1. The fraction of sp³-hybridized carbons (Fsp3) is 0.308. The van der Waals surface area contributed by atoms with E-state index in [1.807, 2.05) is 0 Å². The molecule has 1 aliphatic rings. The van der Waals surface area contributed by atoms with Gasteiger partial charge in [-0.1, -0.05) is 12.1 Å². The van der Waals surface area contributed by atoms with Gasteiger partial charge in [-0.15, -0.1) is 0 Å². The zero-order chi connectivity index (χ0) is 27.4. The second-order valence-electron chi connectivity index (χ2n) is 8.67. The molecule has 2 amide bonds. The summed E-state index contributed by atoms with van der Waals surface area (Å²) in [6.07, 6.45) is -0.0229. The van der Waals surface area contributed by atoms with E-state index in [4.69, 9.17) is 4.74 Å². The smallest absolute Gasteiger partial charge is 0.387 e. The number of rotatable bonds is 9. The molecule has 4 rings (SSSR count). The van der Waals surface area contributed by atoms with E-state index in [0.717, 1.165) is 4.68 Å². The summed E-state index contributed by atoms with van der Waals surface area (Å²) in [5.74, 6) is -1.24. The predicted octanol–water partition coefficient (Wildman–Crippen LogP) is 3.14. The number of anilines is 1. The lowest BCUT2D eigenvalue weighted by Gasteiger charge is -2.19. The molecule has 1 saturated heterocycles. The third-order valence-corrected chi connectivity index (χ3v) is 6.09. The molecule has 2 aromatic carbocycles. The molecule has 3 atom stereocenters. The molecule has 38 heavy (non-hydrogen) atoms.